The Morgan fingerprint density at radius 2 is 1.33 bits per heavy atom. The Labute approximate surface area is 175 Å². The first kappa shape index (κ1) is 19.6. The molecule has 0 radical (unpaired) electrons. The average molecular weight is 398 g/mol. The van der Waals surface area contributed by atoms with Crippen LogP contribution in [0.3, 0.4) is 0 Å². The van der Waals surface area contributed by atoms with Crippen LogP contribution in [-0.2, 0) is 19.1 Å². The van der Waals surface area contributed by atoms with Gasteiger partial charge in [0.15, 0.2) is 0 Å². The van der Waals surface area contributed by atoms with E-state index in [2.05, 4.69) is 0 Å². The Kier molecular flexibility index (Phi) is 5.75. The van der Waals surface area contributed by atoms with E-state index in [4.69, 9.17) is 9.47 Å². The van der Waals surface area contributed by atoms with E-state index in [1.807, 2.05) is 91.0 Å². The van der Waals surface area contributed by atoms with Gasteiger partial charge >= 0.3 is 11.9 Å². The summed E-state index contributed by atoms with van der Waals surface area (Å²) in [5.74, 6) is -1.64. The summed E-state index contributed by atoms with van der Waals surface area (Å²) in [7, 11) is 1.34. The summed E-state index contributed by atoms with van der Waals surface area (Å²) in [6, 6.07) is 28.8. The lowest BCUT2D eigenvalue weighted by Gasteiger charge is -2.18. The van der Waals surface area contributed by atoms with Crippen molar-refractivity contribution in [3.63, 3.8) is 0 Å². The maximum Gasteiger partial charge on any atom is 0.335 e. The maximum atomic E-state index is 13.0. The first-order valence-electron chi connectivity index (χ1n) is 9.88. The standard InChI is InChI=1S/C26H22O4/c1-29-26(28)24(21-17-22(30-25(21)27)18-11-5-2-6-12-18)23(19-13-7-3-8-14-19)20-15-9-4-10-16-20/h2-16,21-22H,17H2,1H3/t21-,22+/m0/s1. The molecule has 4 rings (SSSR count). The first-order valence-corrected chi connectivity index (χ1v) is 9.88. The lowest BCUT2D eigenvalue weighted by Crippen LogP contribution is -2.21. The van der Waals surface area contributed by atoms with Gasteiger partial charge in [-0.2, -0.15) is 0 Å². The molecule has 2 atom stereocenters. The molecule has 4 nitrogen and oxygen atoms in total. The Hall–Kier alpha value is -3.66. The van der Waals surface area contributed by atoms with E-state index in [1.165, 1.54) is 7.11 Å². The van der Waals surface area contributed by atoms with Crippen molar-refractivity contribution in [3.8, 4) is 0 Å². The van der Waals surface area contributed by atoms with E-state index >= 15 is 0 Å². The predicted molar refractivity (Wildman–Crippen MR) is 114 cm³/mol. The third-order valence-corrected chi connectivity index (χ3v) is 5.31. The molecule has 0 saturated carbocycles. The molecule has 1 aliphatic rings. The maximum absolute atomic E-state index is 13.0. The number of cyclic esters (lactones) is 1. The van der Waals surface area contributed by atoms with Gasteiger partial charge in [0.05, 0.1) is 18.6 Å². The van der Waals surface area contributed by atoms with Gasteiger partial charge in [0.1, 0.15) is 6.10 Å². The molecular weight excluding hydrogens is 376 g/mol. The van der Waals surface area contributed by atoms with Crippen LogP contribution in [0.2, 0.25) is 0 Å². The van der Waals surface area contributed by atoms with E-state index < -0.39 is 24.0 Å². The Morgan fingerprint density at radius 3 is 1.83 bits per heavy atom. The summed E-state index contributed by atoms with van der Waals surface area (Å²) in [5.41, 5.74) is 3.63. The molecule has 150 valence electrons. The highest BCUT2D eigenvalue weighted by Crippen LogP contribution is 2.41. The fourth-order valence-electron chi connectivity index (χ4n) is 3.90. The van der Waals surface area contributed by atoms with Crippen molar-refractivity contribution < 1.29 is 19.1 Å². The second kappa shape index (κ2) is 8.78. The molecule has 1 heterocycles. The number of rotatable bonds is 5. The highest BCUT2D eigenvalue weighted by atomic mass is 16.6. The number of benzene rings is 3. The van der Waals surface area contributed by atoms with E-state index in [0.717, 1.165) is 16.7 Å². The second-order valence-corrected chi connectivity index (χ2v) is 7.14. The van der Waals surface area contributed by atoms with Crippen LogP contribution in [0.5, 0.6) is 0 Å². The largest absolute Gasteiger partial charge is 0.466 e. The predicted octanol–water partition coefficient (Wildman–Crippen LogP) is 4.97. The summed E-state index contributed by atoms with van der Waals surface area (Å²) < 4.78 is 10.8. The molecule has 1 fully saturated rings. The van der Waals surface area contributed by atoms with E-state index in [-0.39, 0.29) is 0 Å². The molecule has 0 aliphatic carbocycles. The molecule has 1 saturated heterocycles. The van der Waals surface area contributed by atoms with Gasteiger partial charge in [0, 0.05) is 12.0 Å². The van der Waals surface area contributed by atoms with Crippen molar-refractivity contribution in [3.05, 3.63) is 113 Å². The number of carbonyl (C=O) groups excluding carboxylic acids is 2. The number of hydrogen-bond acceptors (Lipinski definition) is 4. The first-order chi connectivity index (χ1) is 14.7. The van der Waals surface area contributed by atoms with Crippen LogP contribution in [0.15, 0.2) is 96.6 Å². The average Bonchev–Trinajstić information content (AvgIpc) is 3.19. The van der Waals surface area contributed by atoms with Crippen LogP contribution in [0.1, 0.15) is 29.2 Å². The summed E-state index contributed by atoms with van der Waals surface area (Å²) in [5, 5.41) is 0. The van der Waals surface area contributed by atoms with Crippen LogP contribution >= 0.6 is 0 Å². The van der Waals surface area contributed by atoms with Gasteiger partial charge in [-0.05, 0) is 16.7 Å². The van der Waals surface area contributed by atoms with Crippen molar-refractivity contribution in [2.75, 3.05) is 7.11 Å². The smallest absolute Gasteiger partial charge is 0.335 e. The van der Waals surface area contributed by atoms with Crippen LogP contribution < -0.4 is 0 Å². The van der Waals surface area contributed by atoms with Gasteiger partial charge in [0.2, 0.25) is 0 Å². The molecule has 1 aliphatic heterocycles. The van der Waals surface area contributed by atoms with Crippen molar-refractivity contribution in [2.24, 2.45) is 5.92 Å². The Balaban J connectivity index is 1.87. The number of esters is 2. The topological polar surface area (TPSA) is 52.6 Å². The molecule has 0 amide bonds. The lowest BCUT2D eigenvalue weighted by molar-refractivity contribution is -0.146. The van der Waals surface area contributed by atoms with E-state index in [1.54, 1.807) is 0 Å². The molecule has 30 heavy (non-hydrogen) atoms. The Bertz CT molecular complexity index is 1010. The summed E-state index contributed by atoms with van der Waals surface area (Å²) in [4.78, 5) is 25.9. The van der Waals surface area contributed by atoms with Crippen molar-refractivity contribution >= 4 is 17.5 Å². The fourth-order valence-corrected chi connectivity index (χ4v) is 3.90. The van der Waals surface area contributed by atoms with E-state index in [9.17, 15) is 9.59 Å². The fraction of sp³-hybridized carbons (Fsp3) is 0.154. The van der Waals surface area contributed by atoms with Gasteiger partial charge in [-0.25, -0.2) is 4.79 Å². The minimum atomic E-state index is -0.710. The Morgan fingerprint density at radius 1 is 0.833 bits per heavy atom. The quantitative estimate of drug-likeness (QED) is 0.450. The molecule has 0 bridgehead atoms. The normalized spacial score (nSPS) is 17.8. The van der Waals surface area contributed by atoms with Crippen LogP contribution in [0.4, 0.5) is 0 Å². The van der Waals surface area contributed by atoms with Crippen molar-refractivity contribution in [2.45, 2.75) is 12.5 Å². The van der Waals surface area contributed by atoms with E-state index in [0.29, 0.717) is 17.6 Å². The van der Waals surface area contributed by atoms with Crippen LogP contribution in [0, 0.1) is 5.92 Å². The third kappa shape index (κ3) is 3.90. The number of ether oxygens (including phenoxy) is 2. The summed E-state index contributed by atoms with van der Waals surface area (Å²) in [6.07, 6.45) is -0.00709. The van der Waals surface area contributed by atoms with Crippen LogP contribution in [0.25, 0.3) is 5.57 Å². The zero-order valence-corrected chi connectivity index (χ0v) is 16.7. The monoisotopic (exact) mass is 398 g/mol. The third-order valence-electron chi connectivity index (χ3n) is 5.31. The lowest BCUT2D eigenvalue weighted by atomic mass is 9.84. The SMILES string of the molecule is COC(=O)C(=C(c1ccccc1)c1ccccc1)[C@@H]1C[C@H](c2ccccc2)OC1=O. The highest BCUT2D eigenvalue weighted by molar-refractivity contribution is 6.06. The van der Waals surface area contributed by atoms with Crippen molar-refractivity contribution in [1.82, 2.24) is 0 Å². The van der Waals surface area contributed by atoms with Crippen LogP contribution in [-0.4, -0.2) is 19.0 Å². The summed E-state index contributed by atoms with van der Waals surface area (Å²) in [6.45, 7) is 0. The molecular formula is C26H22O4. The number of hydrogen-bond donors (Lipinski definition) is 0. The number of methoxy groups -OCH3 is 1. The zero-order chi connectivity index (χ0) is 20.9. The molecule has 0 N–H and O–H groups in total. The van der Waals surface area contributed by atoms with Gasteiger partial charge in [-0.3, -0.25) is 4.79 Å². The zero-order valence-electron chi connectivity index (χ0n) is 16.7. The molecule has 3 aromatic rings. The van der Waals surface area contributed by atoms with Gasteiger partial charge in [0.25, 0.3) is 0 Å². The van der Waals surface area contributed by atoms with Gasteiger partial charge in [-0.1, -0.05) is 91.0 Å². The minimum Gasteiger partial charge on any atom is -0.466 e. The van der Waals surface area contributed by atoms with Gasteiger partial charge in [-0.15, -0.1) is 0 Å². The minimum absolute atomic E-state index is 0.332. The number of carbonyl (C=O) groups is 2. The van der Waals surface area contributed by atoms with Gasteiger partial charge < -0.3 is 9.47 Å². The molecule has 0 aromatic heterocycles. The highest BCUT2D eigenvalue weighted by Gasteiger charge is 2.42. The molecule has 0 unspecified atom stereocenters. The molecule has 3 aromatic carbocycles. The summed E-state index contributed by atoms with van der Waals surface area (Å²) >= 11 is 0. The second-order valence-electron chi connectivity index (χ2n) is 7.14. The van der Waals surface area contributed by atoms with Crippen molar-refractivity contribution in [1.29, 1.82) is 0 Å². The molecule has 4 heteroatoms. The molecule has 0 spiro atoms.